The van der Waals surface area contributed by atoms with Gasteiger partial charge in [0.05, 0.1) is 0 Å². The fraction of sp³-hybridized carbons (Fsp3) is 0.846. The van der Waals surface area contributed by atoms with Gasteiger partial charge >= 0.3 is 11.9 Å². The largest absolute Gasteiger partial charge is 0.481 e. The van der Waals surface area contributed by atoms with E-state index in [1.54, 1.807) is 0 Å². The second-order valence-corrected chi connectivity index (χ2v) is 5.75. The molecule has 1 rings (SSSR count). The summed E-state index contributed by atoms with van der Waals surface area (Å²) in [4.78, 5) is 22.5. The fourth-order valence-electron chi connectivity index (χ4n) is 1.98. The van der Waals surface area contributed by atoms with Crippen LogP contribution < -0.4 is 0 Å². The van der Waals surface area contributed by atoms with E-state index in [9.17, 15) is 9.59 Å². The number of unbranched alkanes of at least 4 members (excludes halogenated alkanes) is 4. The molecule has 1 aliphatic heterocycles. The third-order valence-electron chi connectivity index (χ3n) is 3.11. The standard InChI is InChI=1S/C13H22O4S/c1-2-3-4-5-6-7-12(14)17-11-9-18-8-10(11)13(15)16/h10-11H,2-9H2,1H3,(H,15,16). The van der Waals surface area contributed by atoms with E-state index in [1.807, 2.05) is 0 Å². The number of rotatable bonds is 8. The molecular formula is C13H22O4S. The van der Waals surface area contributed by atoms with Gasteiger partial charge in [-0.2, -0.15) is 11.8 Å². The molecule has 2 atom stereocenters. The molecule has 0 aromatic carbocycles. The van der Waals surface area contributed by atoms with Gasteiger partial charge in [-0.15, -0.1) is 0 Å². The zero-order valence-corrected chi connectivity index (χ0v) is 11.7. The topological polar surface area (TPSA) is 63.6 Å². The zero-order chi connectivity index (χ0) is 13.4. The molecule has 1 aliphatic rings. The molecule has 1 saturated heterocycles. The minimum atomic E-state index is -0.860. The van der Waals surface area contributed by atoms with Crippen molar-refractivity contribution in [2.24, 2.45) is 5.92 Å². The van der Waals surface area contributed by atoms with Crippen LogP contribution in [0.1, 0.15) is 45.4 Å². The number of hydrogen-bond acceptors (Lipinski definition) is 4. The van der Waals surface area contributed by atoms with Crippen molar-refractivity contribution in [3.8, 4) is 0 Å². The van der Waals surface area contributed by atoms with Crippen LogP contribution >= 0.6 is 11.8 Å². The van der Waals surface area contributed by atoms with Crippen molar-refractivity contribution < 1.29 is 19.4 Å². The molecule has 0 bridgehead atoms. The molecule has 1 heterocycles. The van der Waals surface area contributed by atoms with E-state index in [-0.39, 0.29) is 5.97 Å². The summed E-state index contributed by atoms with van der Waals surface area (Å²) < 4.78 is 5.25. The number of carboxylic acid groups (broad SMARTS) is 1. The van der Waals surface area contributed by atoms with Gasteiger partial charge in [0.25, 0.3) is 0 Å². The molecule has 5 heteroatoms. The molecule has 0 saturated carbocycles. The summed E-state index contributed by atoms with van der Waals surface area (Å²) in [6.45, 7) is 2.15. The highest BCUT2D eigenvalue weighted by Gasteiger charge is 2.36. The highest BCUT2D eigenvalue weighted by molar-refractivity contribution is 7.99. The van der Waals surface area contributed by atoms with Crippen LogP contribution in [-0.4, -0.2) is 34.7 Å². The number of carbonyl (C=O) groups is 2. The number of aliphatic carboxylic acids is 1. The monoisotopic (exact) mass is 274 g/mol. The molecule has 2 unspecified atom stereocenters. The Morgan fingerprint density at radius 2 is 1.94 bits per heavy atom. The molecule has 1 fully saturated rings. The van der Waals surface area contributed by atoms with Crippen LogP contribution in [0.15, 0.2) is 0 Å². The summed E-state index contributed by atoms with van der Waals surface area (Å²) in [6.07, 6.45) is 5.41. The summed E-state index contributed by atoms with van der Waals surface area (Å²) >= 11 is 1.54. The number of hydrogen-bond donors (Lipinski definition) is 1. The molecule has 1 N–H and O–H groups in total. The first-order valence-electron chi connectivity index (χ1n) is 6.65. The van der Waals surface area contributed by atoms with E-state index < -0.39 is 18.0 Å². The molecule has 0 aliphatic carbocycles. The highest BCUT2D eigenvalue weighted by atomic mass is 32.2. The Kier molecular flexibility index (Phi) is 7.16. The molecular weight excluding hydrogens is 252 g/mol. The molecule has 0 aromatic heterocycles. The average molecular weight is 274 g/mol. The van der Waals surface area contributed by atoms with Crippen LogP contribution in [0.25, 0.3) is 0 Å². The number of esters is 1. The molecule has 4 nitrogen and oxygen atoms in total. The lowest BCUT2D eigenvalue weighted by Gasteiger charge is -2.15. The lowest BCUT2D eigenvalue weighted by atomic mass is 10.1. The second kappa shape index (κ2) is 8.40. The molecule has 0 radical (unpaired) electrons. The van der Waals surface area contributed by atoms with Crippen molar-refractivity contribution in [1.29, 1.82) is 0 Å². The van der Waals surface area contributed by atoms with E-state index in [4.69, 9.17) is 9.84 Å². The lowest BCUT2D eigenvalue weighted by molar-refractivity contribution is -0.155. The lowest BCUT2D eigenvalue weighted by Crippen LogP contribution is -2.31. The fourth-order valence-corrected chi connectivity index (χ4v) is 3.26. The minimum absolute atomic E-state index is 0.245. The molecule has 0 amide bonds. The Bertz CT molecular complexity index is 280. The van der Waals surface area contributed by atoms with Gasteiger partial charge in [0, 0.05) is 17.9 Å². The van der Waals surface area contributed by atoms with Crippen LogP contribution in [0.3, 0.4) is 0 Å². The van der Waals surface area contributed by atoms with E-state index in [1.165, 1.54) is 24.6 Å². The predicted octanol–water partition coefficient (Wildman–Crippen LogP) is 2.71. The van der Waals surface area contributed by atoms with Crippen LogP contribution in [0.4, 0.5) is 0 Å². The Morgan fingerprint density at radius 3 is 2.61 bits per heavy atom. The van der Waals surface area contributed by atoms with Gasteiger partial charge in [-0.25, -0.2) is 0 Å². The van der Waals surface area contributed by atoms with Gasteiger partial charge in [0.15, 0.2) is 0 Å². The third-order valence-corrected chi connectivity index (χ3v) is 4.27. The van der Waals surface area contributed by atoms with Crippen molar-refractivity contribution in [2.45, 2.75) is 51.6 Å². The summed E-state index contributed by atoms with van der Waals surface area (Å²) in [6, 6.07) is 0. The maximum absolute atomic E-state index is 11.6. The van der Waals surface area contributed by atoms with Gasteiger partial charge in [-0.3, -0.25) is 9.59 Å². The van der Waals surface area contributed by atoms with Gasteiger partial charge in [-0.05, 0) is 6.42 Å². The number of carboxylic acids is 1. The predicted molar refractivity (Wildman–Crippen MR) is 71.7 cm³/mol. The Labute approximate surface area is 112 Å². The van der Waals surface area contributed by atoms with Gasteiger partial charge < -0.3 is 9.84 Å². The zero-order valence-electron chi connectivity index (χ0n) is 10.9. The third kappa shape index (κ3) is 5.29. The van der Waals surface area contributed by atoms with Gasteiger partial charge in [0.1, 0.15) is 12.0 Å². The number of thioether (sulfide) groups is 1. The van der Waals surface area contributed by atoms with Crippen molar-refractivity contribution in [3.63, 3.8) is 0 Å². The van der Waals surface area contributed by atoms with Crippen molar-refractivity contribution >= 4 is 23.7 Å². The summed E-state index contributed by atoms with van der Waals surface area (Å²) in [5, 5.41) is 8.97. The first kappa shape index (κ1) is 15.3. The van der Waals surface area contributed by atoms with E-state index in [0.717, 1.165) is 19.3 Å². The Balaban J connectivity index is 2.17. The van der Waals surface area contributed by atoms with Crippen LogP contribution in [0, 0.1) is 5.92 Å². The molecule has 104 valence electrons. The summed E-state index contributed by atoms with van der Waals surface area (Å²) in [5.41, 5.74) is 0. The van der Waals surface area contributed by atoms with Crippen LogP contribution in [0.5, 0.6) is 0 Å². The SMILES string of the molecule is CCCCCCCC(=O)OC1CSCC1C(=O)O. The highest BCUT2D eigenvalue weighted by Crippen LogP contribution is 2.27. The maximum atomic E-state index is 11.6. The van der Waals surface area contributed by atoms with Gasteiger partial charge in [0.2, 0.25) is 0 Å². The van der Waals surface area contributed by atoms with Crippen molar-refractivity contribution in [3.05, 3.63) is 0 Å². The van der Waals surface area contributed by atoms with Crippen LogP contribution in [0.2, 0.25) is 0 Å². The first-order chi connectivity index (χ1) is 8.65. The molecule has 0 spiro atoms. The Morgan fingerprint density at radius 1 is 1.22 bits per heavy atom. The first-order valence-corrected chi connectivity index (χ1v) is 7.80. The smallest absolute Gasteiger partial charge is 0.311 e. The second-order valence-electron chi connectivity index (χ2n) is 4.67. The quantitative estimate of drug-likeness (QED) is 0.544. The molecule has 18 heavy (non-hydrogen) atoms. The summed E-state index contributed by atoms with van der Waals surface area (Å²) in [7, 11) is 0. The van der Waals surface area contributed by atoms with Crippen molar-refractivity contribution in [2.75, 3.05) is 11.5 Å². The van der Waals surface area contributed by atoms with E-state index >= 15 is 0 Å². The number of carbonyl (C=O) groups excluding carboxylic acids is 1. The van der Waals surface area contributed by atoms with Gasteiger partial charge in [-0.1, -0.05) is 32.6 Å². The normalized spacial score (nSPS) is 22.9. The molecule has 0 aromatic rings. The van der Waals surface area contributed by atoms with E-state index in [0.29, 0.717) is 17.9 Å². The Hall–Kier alpha value is -0.710. The maximum Gasteiger partial charge on any atom is 0.311 e. The average Bonchev–Trinajstić information content (AvgIpc) is 2.77. The van der Waals surface area contributed by atoms with Crippen molar-refractivity contribution in [1.82, 2.24) is 0 Å². The minimum Gasteiger partial charge on any atom is -0.481 e. The van der Waals surface area contributed by atoms with E-state index in [2.05, 4.69) is 6.92 Å². The number of ether oxygens (including phenoxy) is 1. The summed E-state index contributed by atoms with van der Waals surface area (Å²) in [5.74, 6) is -0.479. The van der Waals surface area contributed by atoms with Crippen LogP contribution in [-0.2, 0) is 14.3 Å².